The van der Waals surface area contributed by atoms with Gasteiger partial charge in [-0.1, -0.05) is 13.8 Å². The van der Waals surface area contributed by atoms with Crippen molar-refractivity contribution in [3.63, 3.8) is 0 Å². The van der Waals surface area contributed by atoms with Crippen molar-refractivity contribution in [2.24, 2.45) is 0 Å². The summed E-state index contributed by atoms with van der Waals surface area (Å²) in [5.41, 5.74) is -0.536. The molecule has 0 heterocycles. The van der Waals surface area contributed by atoms with Crippen LogP contribution < -0.4 is 5.32 Å². The number of hydrogen-bond donors (Lipinski definition) is 1. The van der Waals surface area contributed by atoms with Gasteiger partial charge in [0.15, 0.2) is 0 Å². The van der Waals surface area contributed by atoms with Gasteiger partial charge in [0.2, 0.25) is 0 Å². The van der Waals surface area contributed by atoms with Crippen molar-refractivity contribution in [2.75, 3.05) is 26.7 Å². The molecule has 0 aliphatic heterocycles. The fraction of sp³-hybridized carbons (Fsp3) is 0.938. The molecule has 20 heavy (non-hydrogen) atoms. The maximum Gasteiger partial charge on any atom is 0.325 e. The number of carbonyl (C=O) groups is 1. The number of nitrogens with zero attached hydrogens (tertiary/aromatic N) is 1. The topological polar surface area (TPSA) is 41.6 Å². The van der Waals surface area contributed by atoms with Gasteiger partial charge in [-0.2, -0.15) is 0 Å². The highest BCUT2D eigenvalue weighted by Gasteiger charge is 2.34. The molecule has 1 saturated carbocycles. The summed E-state index contributed by atoms with van der Waals surface area (Å²) in [5.74, 6) is -0.139. The van der Waals surface area contributed by atoms with Gasteiger partial charge in [-0.05, 0) is 65.1 Å². The van der Waals surface area contributed by atoms with Gasteiger partial charge in [-0.25, -0.2) is 0 Å². The highest BCUT2D eigenvalue weighted by atomic mass is 16.5. The van der Waals surface area contributed by atoms with Crippen LogP contribution in [-0.2, 0) is 9.53 Å². The summed E-state index contributed by atoms with van der Waals surface area (Å²) in [7, 11) is 1.47. The zero-order valence-corrected chi connectivity index (χ0v) is 13.7. The fourth-order valence-corrected chi connectivity index (χ4v) is 2.73. The Morgan fingerprint density at radius 3 is 2.50 bits per heavy atom. The van der Waals surface area contributed by atoms with E-state index in [9.17, 15) is 4.79 Å². The average Bonchev–Trinajstić information content (AvgIpc) is 3.27. The lowest BCUT2D eigenvalue weighted by molar-refractivity contribution is -0.148. The second kappa shape index (κ2) is 8.63. The lowest BCUT2D eigenvalue weighted by atomic mass is 9.95. The maximum absolute atomic E-state index is 12.0. The van der Waals surface area contributed by atoms with E-state index in [4.69, 9.17) is 4.74 Å². The van der Waals surface area contributed by atoms with Gasteiger partial charge >= 0.3 is 5.97 Å². The number of carbonyl (C=O) groups excluding carboxylic acids is 1. The molecule has 0 radical (unpaired) electrons. The minimum absolute atomic E-state index is 0.139. The van der Waals surface area contributed by atoms with E-state index in [2.05, 4.69) is 24.1 Å². The molecule has 1 N–H and O–H groups in total. The Morgan fingerprint density at radius 1 is 1.30 bits per heavy atom. The molecule has 0 bridgehead atoms. The summed E-state index contributed by atoms with van der Waals surface area (Å²) in [6, 6.07) is 0.808. The molecule has 0 saturated heterocycles. The first-order chi connectivity index (χ1) is 9.57. The van der Waals surface area contributed by atoms with E-state index in [-0.39, 0.29) is 5.97 Å². The summed E-state index contributed by atoms with van der Waals surface area (Å²) >= 11 is 0. The second-order valence-corrected chi connectivity index (χ2v) is 6.12. The van der Waals surface area contributed by atoms with E-state index < -0.39 is 5.54 Å². The van der Waals surface area contributed by atoms with E-state index in [0.717, 1.165) is 38.4 Å². The van der Waals surface area contributed by atoms with Gasteiger partial charge in [0, 0.05) is 6.04 Å². The zero-order valence-electron chi connectivity index (χ0n) is 13.7. The Morgan fingerprint density at radius 2 is 2.00 bits per heavy atom. The first kappa shape index (κ1) is 17.4. The summed E-state index contributed by atoms with van der Waals surface area (Å²) < 4.78 is 4.96. The molecule has 4 nitrogen and oxygen atoms in total. The molecule has 0 aromatic rings. The van der Waals surface area contributed by atoms with Crippen molar-refractivity contribution in [3.05, 3.63) is 0 Å². The van der Waals surface area contributed by atoms with Gasteiger partial charge in [0.05, 0.1) is 7.11 Å². The third-order valence-electron chi connectivity index (χ3n) is 4.10. The Bertz CT molecular complexity index is 292. The molecule has 1 rings (SSSR count). The van der Waals surface area contributed by atoms with Crippen molar-refractivity contribution in [1.29, 1.82) is 0 Å². The fourth-order valence-electron chi connectivity index (χ4n) is 2.73. The molecular weight excluding hydrogens is 252 g/mol. The SMILES string of the molecule is CCCNC(C)(CCCN(CCC)C1CC1)C(=O)OC. The van der Waals surface area contributed by atoms with Crippen LogP contribution in [0.15, 0.2) is 0 Å². The number of methoxy groups -OCH3 is 1. The lowest BCUT2D eigenvalue weighted by Gasteiger charge is -2.29. The van der Waals surface area contributed by atoms with Crippen molar-refractivity contribution in [3.8, 4) is 0 Å². The van der Waals surface area contributed by atoms with E-state index in [1.54, 1.807) is 0 Å². The summed E-state index contributed by atoms with van der Waals surface area (Å²) in [4.78, 5) is 14.6. The quantitative estimate of drug-likeness (QED) is 0.592. The second-order valence-electron chi connectivity index (χ2n) is 6.12. The number of hydrogen-bond acceptors (Lipinski definition) is 4. The summed E-state index contributed by atoms with van der Waals surface area (Å²) in [6.07, 6.45) is 6.81. The Kier molecular flexibility index (Phi) is 7.52. The molecule has 0 spiro atoms. The molecule has 0 amide bonds. The third-order valence-corrected chi connectivity index (χ3v) is 4.10. The smallest absolute Gasteiger partial charge is 0.325 e. The largest absolute Gasteiger partial charge is 0.468 e. The molecule has 1 aliphatic rings. The summed E-state index contributed by atoms with van der Waals surface area (Å²) in [5, 5.41) is 3.35. The molecule has 1 aliphatic carbocycles. The van der Waals surface area contributed by atoms with Gasteiger partial charge in [-0.15, -0.1) is 0 Å². The van der Waals surface area contributed by atoms with Crippen LogP contribution in [0.3, 0.4) is 0 Å². The predicted molar refractivity (Wildman–Crippen MR) is 82.8 cm³/mol. The first-order valence-corrected chi connectivity index (χ1v) is 8.14. The van der Waals surface area contributed by atoms with Crippen LogP contribution in [0.4, 0.5) is 0 Å². The summed E-state index contributed by atoms with van der Waals surface area (Å²) in [6.45, 7) is 9.45. The molecule has 4 heteroatoms. The third kappa shape index (κ3) is 5.41. The number of rotatable bonds is 11. The average molecular weight is 284 g/mol. The van der Waals surface area contributed by atoms with E-state index in [1.807, 2.05) is 6.92 Å². The van der Waals surface area contributed by atoms with Crippen molar-refractivity contribution in [2.45, 2.75) is 70.9 Å². The van der Waals surface area contributed by atoms with Crippen LogP contribution in [0.2, 0.25) is 0 Å². The highest BCUT2D eigenvalue weighted by molar-refractivity contribution is 5.80. The Labute approximate surface area is 124 Å². The van der Waals surface area contributed by atoms with Crippen LogP contribution in [0.5, 0.6) is 0 Å². The molecule has 0 aromatic heterocycles. The zero-order chi connectivity index (χ0) is 15.0. The van der Waals surface area contributed by atoms with Gasteiger partial charge in [0.1, 0.15) is 5.54 Å². The van der Waals surface area contributed by atoms with E-state index in [0.29, 0.717) is 0 Å². The number of esters is 1. The molecule has 118 valence electrons. The number of nitrogens with one attached hydrogen (secondary N) is 1. The van der Waals surface area contributed by atoms with Gasteiger partial charge in [-0.3, -0.25) is 4.79 Å². The molecule has 0 aromatic carbocycles. The van der Waals surface area contributed by atoms with Crippen LogP contribution in [-0.4, -0.2) is 49.2 Å². The highest BCUT2D eigenvalue weighted by Crippen LogP contribution is 2.27. The normalized spacial score (nSPS) is 18.1. The predicted octanol–water partition coefficient (Wildman–Crippen LogP) is 2.57. The van der Waals surface area contributed by atoms with Crippen LogP contribution in [0.25, 0.3) is 0 Å². The molecular formula is C16H32N2O2. The molecule has 1 atom stereocenters. The minimum atomic E-state index is -0.536. The lowest BCUT2D eigenvalue weighted by Crippen LogP contribution is -2.50. The minimum Gasteiger partial charge on any atom is -0.468 e. The van der Waals surface area contributed by atoms with Crippen LogP contribution in [0.1, 0.15) is 59.3 Å². The maximum atomic E-state index is 12.0. The molecule has 1 unspecified atom stereocenters. The first-order valence-electron chi connectivity index (χ1n) is 8.14. The van der Waals surface area contributed by atoms with Gasteiger partial charge in [0.25, 0.3) is 0 Å². The standard InChI is InChI=1S/C16H32N2O2/c1-5-11-17-16(3,15(19)20-4)10-7-13-18(12-6-2)14-8-9-14/h14,17H,5-13H2,1-4H3. The Balaban J connectivity index is 2.42. The molecule has 1 fully saturated rings. The van der Waals surface area contributed by atoms with E-state index >= 15 is 0 Å². The van der Waals surface area contributed by atoms with Crippen molar-refractivity contribution in [1.82, 2.24) is 10.2 Å². The monoisotopic (exact) mass is 284 g/mol. The van der Waals surface area contributed by atoms with Crippen molar-refractivity contribution >= 4 is 5.97 Å². The Hall–Kier alpha value is -0.610. The van der Waals surface area contributed by atoms with E-state index in [1.165, 1.54) is 32.9 Å². The number of ether oxygens (including phenoxy) is 1. The van der Waals surface area contributed by atoms with Crippen LogP contribution >= 0.6 is 0 Å². The van der Waals surface area contributed by atoms with Crippen molar-refractivity contribution < 1.29 is 9.53 Å². The van der Waals surface area contributed by atoms with Gasteiger partial charge < -0.3 is 15.0 Å². The van der Waals surface area contributed by atoms with Crippen LogP contribution in [0, 0.1) is 0 Å².